The number of fused-ring (bicyclic) bond motifs is 1. The van der Waals surface area contributed by atoms with Crippen LogP contribution < -0.4 is 25.2 Å². The molecule has 14 heteroatoms. The molecule has 1 atom stereocenters. The maximum atomic E-state index is 14.1. The molecule has 0 spiro atoms. The van der Waals surface area contributed by atoms with Crippen LogP contribution in [0, 0.1) is 17.0 Å². The summed E-state index contributed by atoms with van der Waals surface area (Å²) in [6.45, 7) is 8.17. The van der Waals surface area contributed by atoms with Gasteiger partial charge in [0.05, 0.1) is 32.7 Å². The third-order valence-corrected chi connectivity index (χ3v) is 9.20. The first-order valence-corrected chi connectivity index (χ1v) is 15.7. The zero-order chi connectivity index (χ0) is 32.4. The van der Waals surface area contributed by atoms with Crippen molar-refractivity contribution in [2.75, 3.05) is 20.2 Å². The number of thiazole rings is 1. The fraction of sp³-hybridized carbons (Fsp3) is 0.258. The minimum atomic E-state index is -0.801. The zero-order valence-electron chi connectivity index (χ0n) is 25.2. The molecule has 0 aliphatic carbocycles. The number of methoxy groups -OCH3 is 1. The summed E-state index contributed by atoms with van der Waals surface area (Å²) in [7, 11) is 1.53. The van der Waals surface area contributed by atoms with E-state index >= 15 is 0 Å². The Bertz CT molecular complexity index is 2090. The maximum Gasteiger partial charge on any atom is 0.283 e. The summed E-state index contributed by atoms with van der Waals surface area (Å²) >= 11 is 2.10. The number of rotatable bonds is 9. The Morgan fingerprint density at radius 1 is 1.18 bits per heavy atom. The van der Waals surface area contributed by atoms with E-state index in [2.05, 4.69) is 15.0 Å². The molecule has 0 fully saturated rings. The highest BCUT2D eigenvalue weighted by molar-refractivity contribution is 7.99. The maximum absolute atomic E-state index is 14.1. The summed E-state index contributed by atoms with van der Waals surface area (Å²) < 4.78 is 7.43. The minimum Gasteiger partial charge on any atom is -0.496 e. The summed E-state index contributed by atoms with van der Waals surface area (Å²) in [5.41, 5.74) is 1.46. The predicted octanol–water partition coefficient (Wildman–Crippen LogP) is 3.56. The molecule has 1 aliphatic heterocycles. The van der Waals surface area contributed by atoms with Gasteiger partial charge in [-0.3, -0.25) is 29.1 Å². The van der Waals surface area contributed by atoms with Gasteiger partial charge in [-0.25, -0.2) is 9.98 Å². The molecule has 4 aromatic rings. The monoisotopic (exact) mass is 646 g/mol. The smallest absolute Gasteiger partial charge is 0.283 e. The normalized spacial score (nSPS) is 14.6. The van der Waals surface area contributed by atoms with Crippen molar-refractivity contribution in [1.82, 2.24) is 19.4 Å². The van der Waals surface area contributed by atoms with Crippen LogP contribution in [0.25, 0.3) is 6.08 Å². The highest BCUT2D eigenvalue weighted by atomic mass is 32.2. The second kappa shape index (κ2) is 13.0. The summed E-state index contributed by atoms with van der Waals surface area (Å²) in [4.78, 5) is 65.2. The molecule has 0 unspecified atom stereocenters. The van der Waals surface area contributed by atoms with Crippen molar-refractivity contribution >= 4 is 40.8 Å². The molecule has 2 aromatic carbocycles. The van der Waals surface area contributed by atoms with Crippen LogP contribution >= 0.6 is 23.1 Å². The van der Waals surface area contributed by atoms with Crippen LogP contribution in [-0.2, 0) is 4.79 Å². The Balaban J connectivity index is 1.65. The van der Waals surface area contributed by atoms with E-state index in [9.17, 15) is 24.5 Å². The Morgan fingerprint density at radius 2 is 1.91 bits per heavy atom. The van der Waals surface area contributed by atoms with Crippen LogP contribution in [0.15, 0.2) is 84.4 Å². The number of aromatic nitrogens is 3. The van der Waals surface area contributed by atoms with E-state index in [4.69, 9.17) is 4.74 Å². The molecule has 1 aliphatic rings. The van der Waals surface area contributed by atoms with E-state index in [1.54, 1.807) is 43.0 Å². The number of hydrogen-bond acceptors (Lipinski definition) is 10. The number of H-pyrrole nitrogens is 1. The lowest BCUT2D eigenvalue weighted by molar-refractivity contribution is -0.387. The van der Waals surface area contributed by atoms with Gasteiger partial charge in [-0.1, -0.05) is 35.6 Å². The number of likely N-dealkylation sites (N-methyl/N-ethyl adjacent to an activating group) is 1. The number of aryl methyl sites for hydroxylation is 1. The Labute approximate surface area is 265 Å². The number of ether oxygens (including phenoxy) is 1. The van der Waals surface area contributed by atoms with Crippen molar-refractivity contribution < 1.29 is 14.5 Å². The van der Waals surface area contributed by atoms with Crippen molar-refractivity contribution in [1.29, 1.82) is 0 Å². The lowest BCUT2D eigenvalue weighted by Crippen LogP contribution is -2.43. The zero-order valence-corrected chi connectivity index (χ0v) is 26.8. The van der Waals surface area contributed by atoms with Crippen molar-refractivity contribution in [3.05, 3.63) is 117 Å². The number of carbonyl (C=O) groups excluding carboxylic acids is 1. The highest BCUT2D eigenvalue weighted by Gasteiger charge is 2.35. The second-order valence-corrected chi connectivity index (χ2v) is 12.1. The van der Waals surface area contributed by atoms with Gasteiger partial charge in [-0.05, 0) is 63.2 Å². The first-order valence-electron chi connectivity index (χ1n) is 14.0. The molecule has 232 valence electrons. The quantitative estimate of drug-likeness (QED) is 0.165. The fourth-order valence-corrected chi connectivity index (χ4v) is 7.14. The van der Waals surface area contributed by atoms with E-state index in [-0.39, 0.29) is 31.7 Å². The molecule has 5 rings (SSSR count). The third kappa shape index (κ3) is 6.24. The minimum absolute atomic E-state index is 0.208. The lowest BCUT2D eigenvalue weighted by Gasteiger charge is -2.29. The SMILES string of the molecule is CCN(CC)C(=O)C1=C(C)N=c2s/c(=C\c3ccc(Sc4nc(C)cc(=O)[nH]4)c([N+](=O)[O-])c3)c(=O)n2[C@H]1c1ccccc1OC. The third-order valence-electron chi connectivity index (χ3n) is 7.27. The van der Waals surface area contributed by atoms with Crippen molar-refractivity contribution in [3.63, 3.8) is 0 Å². The largest absolute Gasteiger partial charge is 0.496 e. The number of nitrogens with zero attached hydrogens (tertiary/aromatic N) is 5. The molecule has 3 heterocycles. The van der Waals surface area contributed by atoms with Gasteiger partial charge in [0, 0.05) is 36.5 Å². The number of aromatic amines is 1. The highest BCUT2D eigenvalue weighted by Crippen LogP contribution is 2.36. The first-order chi connectivity index (χ1) is 21.6. The molecule has 12 nitrogen and oxygen atoms in total. The first kappa shape index (κ1) is 31.6. The molecule has 1 amide bonds. The average Bonchev–Trinajstić information content (AvgIpc) is 3.30. The summed E-state index contributed by atoms with van der Waals surface area (Å²) in [5.74, 6) is 0.296. The molecule has 2 aromatic heterocycles. The van der Waals surface area contributed by atoms with E-state index in [1.165, 1.54) is 23.8 Å². The average molecular weight is 647 g/mol. The fourth-order valence-electron chi connectivity index (χ4n) is 5.17. The molecule has 0 bridgehead atoms. The van der Waals surface area contributed by atoms with Crippen LogP contribution in [-0.4, -0.2) is 50.5 Å². The Morgan fingerprint density at radius 3 is 2.58 bits per heavy atom. The van der Waals surface area contributed by atoms with Crippen molar-refractivity contribution in [3.8, 4) is 5.75 Å². The van der Waals surface area contributed by atoms with Gasteiger partial charge in [0.1, 0.15) is 11.8 Å². The van der Waals surface area contributed by atoms with Crippen LogP contribution in [0.3, 0.4) is 0 Å². The van der Waals surface area contributed by atoms with Gasteiger partial charge in [-0.2, -0.15) is 0 Å². The van der Waals surface area contributed by atoms with Crippen molar-refractivity contribution in [2.45, 2.75) is 43.8 Å². The van der Waals surface area contributed by atoms with Gasteiger partial charge in [0.2, 0.25) is 0 Å². The number of carbonyl (C=O) groups is 1. The number of amides is 1. The summed E-state index contributed by atoms with van der Waals surface area (Å²) in [6, 6.07) is 12.3. The molecule has 0 saturated carbocycles. The van der Waals surface area contributed by atoms with Crippen molar-refractivity contribution in [2.24, 2.45) is 4.99 Å². The van der Waals surface area contributed by atoms with E-state index in [1.807, 2.05) is 32.0 Å². The van der Waals surface area contributed by atoms with E-state index < -0.39 is 16.5 Å². The number of allylic oxidation sites excluding steroid dienone is 1. The second-order valence-electron chi connectivity index (χ2n) is 10.1. The molecule has 0 radical (unpaired) electrons. The number of nitro benzene ring substituents is 1. The van der Waals surface area contributed by atoms with Gasteiger partial charge in [0.25, 0.3) is 22.7 Å². The lowest BCUT2D eigenvalue weighted by atomic mass is 9.94. The van der Waals surface area contributed by atoms with Crippen LogP contribution in [0.4, 0.5) is 5.69 Å². The molecule has 45 heavy (non-hydrogen) atoms. The molecule has 0 saturated heterocycles. The van der Waals surface area contributed by atoms with Gasteiger partial charge in [0.15, 0.2) is 9.96 Å². The van der Waals surface area contributed by atoms with Gasteiger partial charge < -0.3 is 14.6 Å². The topological polar surface area (TPSA) is 153 Å². The molecular weight excluding hydrogens is 617 g/mol. The number of para-hydroxylation sites is 1. The number of hydrogen-bond donors (Lipinski definition) is 1. The number of nitro groups is 1. The summed E-state index contributed by atoms with van der Waals surface area (Å²) in [5, 5.41) is 12.3. The van der Waals surface area contributed by atoms with Crippen LogP contribution in [0.1, 0.15) is 43.6 Å². The summed E-state index contributed by atoms with van der Waals surface area (Å²) in [6.07, 6.45) is 1.57. The molecule has 1 N–H and O–H groups in total. The van der Waals surface area contributed by atoms with Gasteiger partial charge >= 0.3 is 0 Å². The predicted molar refractivity (Wildman–Crippen MR) is 172 cm³/mol. The van der Waals surface area contributed by atoms with E-state index in [0.717, 1.165) is 23.1 Å². The Hall–Kier alpha value is -4.82. The Kier molecular flexibility index (Phi) is 9.16. The van der Waals surface area contributed by atoms with Crippen LogP contribution in [0.5, 0.6) is 5.75 Å². The van der Waals surface area contributed by atoms with E-state index in [0.29, 0.717) is 51.7 Å². The number of nitrogens with one attached hydrogen (secondary N) is 1. The molecular formula is C31H30N6O6S2. The van der Waals surface area contributed by atoms with Crippen LogP contribution in [0.2, 0.25) is 0 Å². The standard InChI is InChI=1S/C31H30N6O6S2/c1-6-35(7-2)29(40)26-18(4)33-31-36(27(26)20-10-8-9-11-22(20)43-5)28(39)24(45-31)16-19-12-13-23(21(15-19)37(41)42)44-30-32-17(3)14-25(38)34-30/h8-16,27H,6-7H2,1-5H3,(H,32,34,38)/b24-16-/t27-/m0/s1. The van der Waals surface area contributed by atoms with Gasteiger partial charge in [-0.15, -0.1) is 0 Å². The number of benzene rings is 2.